The van der Waals surface area contributed by atoms with Crippen molar-refractivity contribution < 1.29 is 9.90 Å². The molecule has 0 aromatic heterocycles. The molecule has 19 heavy (non-hydrogen) atoms. The van der Waals surface area contributed by atoms with Crippen molar-refractivity contribution in [2.75, 3.05) is 11.9 Å². The third-order valence-corrected chi connectivity index (χ3v) is 3.89. The summed E-state index contributed by atoms with van der Waals surface area (Å²) in [5.74, 6) is 0.875. The highest BCUT2D eigenvalue weighted by Gasteiger charge is 2.16. The summed E-state index contributed by atoms with van der Waals surface area (Å²) in [6.07, 6.45) is 7.57. The molecule has 0 atom stereocenters. The Morgan fingerprint density at radius 2 is 1.89 bits per heavy atom. The van der Waals surface area contributed by atoms with Crippen molar-refractivity contribution in [3.05, 3.63) is 29.8 Å². The first-order valence-electron chi connectivity index (χ1n) is 7.27. The van der Waals surface area contributed by atoms with Gasteiger partial charge in [0.15, 0.2) is 0 Å². The lowest BCUT2D eigenvalue weighted by molar-refractivity contribution is -0.116. The van der Waals surface area contributed by atoms with Gasteiger partial charge < -0.3 is 10.4 Å². The van der Waals surface area contributed by atoms with Gasteiger partial charge in [0, 0.05) is 18.7 Å². The van der Waals surface area contributed by atoms with Gasteiger partial charge in [0.1, 0.15) is 0 Å². The van der Waals surface area contributed by atoms with Crippen LogP contribution in [0.25, 0.3) is 0 Å². The Hall–Kier alpha value is -1.35. The molecule has 1 aliphatic carbocycles. The maximum Gasteiger partial charge on any atom is 0.224 e. The Labute approximate surface area is 115 Å². The van der Waals surface area contributed by atoms with Crippen molar-refractivity contribution in [2.45, 2.75) is 44.9 Å². The van der Waals surface area contributed by atoms with Crippen molar-refractivity contribution >= 4 is 11.6 Å². The molecule has 104 valence electrons. The first kappa shape index (κ1) is 14.1. The van der Waals surface area contributed by atoms with Gasteiger partial charge in [0.05, 0.1) is 0 Å². The zero-order valence-corrected chi connectivity index (χ0v) is 11.4. The van der Waals surface area contributed by atoms with E-state index in [0.29, 0.717) is 12.8 Å². The van der Waals surface area contributed by atoms with E-state index in [2.05, 4.69) is 5.32 Å². The van der Waals surface area contributed by atoms with E-state index in [1.165, 1.54) is 25.7 Å². The lowest BCUT2D eigenvalue weighted by atomic mass is 10.0. The van der Waals surface area contributed by atoms with Gasteiger partial charge >= 0.3 is 0 Å². The molecule has 0 heterocycles. The van der Waals surface area contributed by atoms with Crippen molar-refractivity contribution in [1.82, 2.24) is 0 Å². The van der Waals surface area contributed by atoms with Crippen LogP contribution in [0, 0.1) is 5.92 Å². The van der Waals surface area contributed by atoms with Gasteiger partial charge in [-0.15, -0.1) is 0 Å². The normalized spacial score (nSPS) is 15.6. The number of hydrogen-bond acceptors (Lipinski definition) is 2. The van der Waals surface area contributed by atoms with Crippen LogP contribution >= 0.6 is 0 Å². The average molecular weight is 261 g/mol. The molecule has 0 spiro atoms. The molecule has 0 saturated heterocycles. The van der Waals surface area contributed by atoms with Crippen molar-refractivity contribution in [3.63, 3.8) is 0 Å². The van der Waals surface area contributed by atoms with E-state index in [9.17, 15) is 4.79 Å². The minimum absolute atomic E-state index is 0.113. The molecule has 1 aromatic carbocycles. The van der Waals surface area contributed by atoms with Gasteiger partial charge in [-0.05, 0) is 36.5 Å². The second-order valence-electron chi connectivity index (χ2n) is 5.41. The summed E-state index contributed by atoms with van der Waals surface area (Å²) in [5, 5.41) is 11.8. The van der Waals surface area contributed by atoms with Gasteiger partial charge in [-0.1, -0.05) is 37.8 Å². The fourth-order valence-corrected chi connectivity index (χ4v) is 2.74. The van der Waals surface area contributed by atoms with E-state index < -0.39 is 0 Å². The van der Waals surface area contributed by atoms with E-state index in [0.717, 1.165) is 23.6 Å². The molecule has 2 rings (SSSR count). The summed E-state index contributed by atoms with van der Waals surface area (Å²) in [7, 11) is 0. The van der Waals surface area contributed by atoms with Crippen LogP contribution in [0.4, 0.5) is 5.69 Å². The number of carbonyl (C=O) groups excluding carboxylic acids is 1. The molecule has 1 fully saturated rings. The summed E-state index contributed by atoms with van der Waals surface area (Å²) in [6, 6.07) is 7.70. The molecule has 0 unspecified atom stereocenters. The van der Waals surface area contributed by atoms with Gasteiger partial charge in [0.25, 0.3) is 0 Å². The Bertz CT molecular complexity index is 394. The van der Waals surface area contributed by atoms with E-state index in [1.54, 1.807) is 0 Å². The lowest BCUT2D eigenvalue weighted by Crippen LogP contribution is -2.12. The largest absolute Gasteiger partial charge is 0.396 e. The van der Waals surface area contributed by atoms with Crippen molar-refractivity contribution in [1.29, 1.82) is 0 Å². The molecule has 1 amide bonds. The SMILES string of the molecule is O=C(CCC1CCCC1)Nc1ccc(CCO)cc1. The molecule has 3 nitrogen and oxygen atoms in total. The van der Waals surface area contributed by atoms with E-state index in [4.69, 9.17) is 5.11 Å². The van der Waals surface area contributed by atoms with Gasteiger partial charge in [-0.2, -0.15) is 0 Å². The Balaban J connectivity index is 1.74. The fourth-order valence-electron chi connectivity index (χ4n) is 2.74. The number of aliphatic hydroxyl groups excluding tert-OH is 1. The second kappa shape index (κ2) is 7.29. The minimum Gasteiger partial charge on any atom is -0.396 e. The maximum absolute atomic E-state index is 11.8. The summed E-state index contributed by atoms with van der Waals surface area (Å²) in [6.45, 7) is 0.160. The molecule has 0 radical (unpaired) electrons. The maximum atomic E-state index is 11.8. The third-order valence-electron chi connectivity index (χ3n) is 3.89. The standard InChI is InChI=1S/C16H23NO2/c18-12-11-14-5-8-15(9-6-14)17-16(19)10-7-13-3-1-2-4-13/h5-6,8-9,13,18H,1-4,7,10-12H2,(H,17,19). The van der Waals surface area contributed by atoms with E-state index in [1.807, 2.05) is 24.3 Å². The first-order valence-corrected chi connectivity index (χ1v) is 7.27. The Morgan fingerprint density at radius 3 is 2.53 bits per heavy atom. The number of carbonyl (C=O) groups is 1. The molecule has 1 saturated carbocycles. The molecule has 0 aliphatic heterocycles. The summed E-state index contributed by atoms with van der Waals surface area (Å²) in [4.78, 5) is 11.8. The summed E-state index contributed by atoms with van der Waals surface area (Å²) in [5.41, 5.74) is 1.93. The van der Waals surface area contributed by atoms with Gasteiger partial charge in [0.2, 0.25) is 5.91 Å². The van der Waals surface area contributed by atoms with Crippen LogP contribution in [0.1, 0.15) is 44.1 Å². The number of aliphatic hydroxyl groups is 1. The smallest absolute Gasteiger partial charge is 0.224 e. The average Bonchev–Trinajstić information content (AvgIpc) is 2.92. The summed E-state index contributed by atoms with van der Waals surface area (Å²) < 4.78 is 0. The predicted molar refractivity (Wildman–Crippen MR) is 77.1 cm³/mol. The van der Waals surface area contributed by atoms with Gasteiger partial charge in [-0.25, -0.2) is 0 Å². The van der Waals surface area contributed by atoms with E-state index >= 15 is 0 Å². The number of amides is 1. The van der Waals surface area contributed by atoms with Crippen LogP contribution in [0.5, 0.6) is 0 Å². The van der Waals surface area contributed by atoms with Crippen LogP contribution in [-0.2, 0) is 11.2 Å². The zero-order chi connectivity index (χ0) is 13.5. The van der Waals surface area contributed by atoms with Gasteiger partial charge in [-0.3, -0.25) is 4.79 Å². The number of benzene rings is 1. The van der Waals surface area contributed by atoms with E-state index in [-0.39, 0.29) is 12.5 Å². The Morgan fingerprint density at radius 1 is 1.21 bits per heavy atom. The van der Waals surface area contributed by atoms with Crippen LogP contribution in [-0.4, -0.2) is 17.6 Å². The molecule has 0 bridgehead atoms. The highest BCUT2D eigenvalue weighted by molar-refractivity contribution is 5.90. The number of hydrogen-bond donors (Lipinski definition) is 2. The topological polar surface area (TPSA) is 49.3 Å². The van der Waals surface area contributed by atoms with Crippen LogP contribution in [0.3, 0.4) is 0 Å². The third kappa shape index (κ3) is 4.67. The zero-order valence-electron chi connectivity index (χ0n) is 11.4. The fraction of sp³-hybridized carbons (Fsp3) is 0.562. The number of anilines is 1. The first-order chi connectivity index (χ1) is 9.28. The highest BCUT2D eigenvalue weighted by Crippen LogP contribution is 2.28. The monoisotopic (exact) mass is 261 g/mol. The molecular weight excluding hydrogens is 238 g/mol. The van der Waals surface area contributed by atoms with Crippen LogP contribution in [0.15, 0.2) is 24.3 Å². The number of nitrogens with one attached hydrogen (secondary N) is 1. The van der Waals surface area contributed by atoms with Crippen LogP contribution < -0.4 is 5.32 Å². The summed E-state index contributed by atoms with van der Waals surface area (Å²) >= 11 is 0. The second-order valence-corrected chi connectivity index (χ2v) is 5.41. The molecular formula is C16H23NO2. The Kier molecular flexibility index (Phi) is 5.40. The van der Waals surface area contributed by atoms with Crippen LogP contribution in [0.2, 0.25) is 0 Å². The molecule has 2 N–H and O–H groups in total. The highest BCUT2D eigenvalue weighted by atomic mass is 16.2. The molecule has 3 heteroatoms. The van der Waals surface area contributed by atoms with Crippen molar-refractivity contribution in [3.8, 4) is 0 Å². The predicted octanol–water partition coefficient (Wildman–Crippen LogP) is 3.13. The van der Waals surface area contributed by atoms with Crippen molar-refractivity contribution in [2.24, 2.45) is 5.92 Å². The minimum atomic E-state index is 0.113. The quantitative estimate of drug-likeness (QED) is 0.826. The number of rotatable bonds is 6. The lowest BCUT2D eigenvalue weighted by Gasteiger charge is -2.09. The molecule has 1 aliphatic rings. The molecule has 1 aromatic rings.